The zero-order valence-electron chi connectivity index (χ0n) is 14.2. The van der Waals surface area contributed by atoms with Crippen molar-refractivity contribution in [3.8, 4) is 11.4 Å². The smallest absolute Gasteiger partial charge is 0.325 e. The van der Waals surface area contributed by atoms with Crippen molar-refractivity contribution in [3.63, 3.8) is 0 Å². The molecular weight excluding hydrogens is 377 g/mol. The van der Waals surface area contributed by atoms with Crippen LogP contribution in [0.3, 0.4) is 0 Å². The summed E-state index contributed by atoms with van der Waals surface area (Å²) in [5.41, 5.74) is 0.771. The second kappa shape index (κ2) is 7.83. The first-order chi connectivity index (χ1) is 12.8. The van der Waals surface area contributed by atoms with Gasteiger partial charge in [0, 0.05) is 5.56 Å². The third-order valence-corrected chi connectivity index (χ3v) is 4.44. The lowest BCUT2D eigenvalue weighted by molar-refractivity contribution is -0.137. The second-order valence-electron chi connectivity index (χ2n) is 5.72. The Hall–Kier alpha value is -2.81. The number of carbonyl (C=O) groups excluding carboxylic acids is 1. The van der Waals surface area contributed by atoms with Crippen molar-refractivity contribution in [1.29, 1.82) is 0 Å². The van der Waals surface area contributed by atoms with E-state index in [4.69, 9.17) is 0 Å². The molecule has 3 aromatic rings. The van der Waals surface area contributed by atoms with Gasteiger partial charge < -0.3 is 5.32 Å². The van der Waals surface area contributed by atoms with Crippen LogP contribution in [0.15, 0.2) is 53.7 Å². The average Bonchev–Trinajstić information content (AvgIpc) is 3.09. The van der Waals surface area contributed by atoms with Crippen LogP contribution in [-0.2, 0) is 11.0 Å². The number of H-pyrrole nitrogens is 1. The average molecular weight is 392 g/mol. The number of nitrogens with zero attached hydrogens (tertiary/aromatic N) is 2. The Morgan fingerprint density at radius 3 is 2.70 bits per heavy atom. The van der Waals surface area contributed by atoms with Gasteiger partial charge in [-0.2, -0.15) is 13.2 Å². The van der Waals surface area contributed by atoms with Gasteiger partial charge in [-0.05, 0) is 25.1 Å². The molecule has 3 rings (SSSR count). The number of hydrogen-bond donors (Lipinski definition) is 2. The van der Waals surface area contributed by atoms with Crippen LogP contribution in [0.5, 0.6) is 0 Å². The lowest BCUT2D eigenvalue weighted by Gasteiger charge is -2.13. The van der Waals surface area contributed by atoms with Crippen molar-refractivity contribution >= 4 is 23.4 Å². The molecule has 0 aliphatic heterocycles. The maximum Gasteiger partial charge on any atom is 0.418 e. The number of aromatic nitrogens is 3. The van der Waals surface area contributed by atoms with Gasteiger partial charge in [-0.1, -0.05) is 47.7 Å². The number of para-hydroxylation sites is 1. The summed E-state index contributed by atoms with van der Waals surface area (Å²) in [4.78, 5) is 16.3. The fraction of sp³-hybridized carbons (Fsp3) is 0.167. The highest BCUT2D eigenvalue weighted by Crippen LogP contribution is 2.34. The molecule has 0 bridgehead atoms. The molecule has 27 heavy (non-hydrogen) atoms. The normalized spacial score (nSPS) is 11.4. The first kappa shape index (κ1) is 19.0. The summed E-state index contributed by atoms with van der Waals surface area (Å²) in [5.74, 6) is -0.125. The van der Waals surface area contributed by atoms with E-state index in [0.717, 1.165) is 29.0 Å². The van der Waals surface area contributed by atoms with E-state index in [2.05, 4.69) is 20.5 Å². The Kier molecular flexibility index (Phi) is 5.50. The summed E-state index contributed by atoms with van der Waals surface area (Å²) >= 11 is 1.03. The van der Waals surface area contributed by atoms with Crippen LogP contribution >= 0.6 is 11.8 Å². The van der Waals surface area contributed by atoms with E-state index >= 15 is 0 Å². The van der Waals surface area contributed by atoms with E-state index in [0.29, 0.717) is 11.0 Å². The molecule has 0 radical (unpaired) electrons. The highest BCUT2D eigenvalue weighted by atomic mass is 32.2. The van der Waals surface area contributed by atoms with E-state index in [-0.39, 0.29) is 11.4 Å². The molecule has 1 aromatic heterocycles. The van der Waals surface area contributed by atoms with Crippen molar-refractivity contribution in [1.82, 2.24) is 15.2 Å². The van der Waals surface area contributed by atoms with Crippen molar-refractivity contribution in [2.75, 3.05) is 11.1 Å². The molecule has 2 aromatic carbocycles. The predicted octanol–water partition coefficient (Wildman–Crippen LogP) is 4.53. The number of carbonyl (C=O) groups is 1. The molecule has 1 amide bonds. The standard InChI is InChI=1S/C18H15F3N4OS/c1-11-5-4-6-12(9-11)16-23-17(25-24-16)27-10-15(26)22-14-8-3-2-7-13(14)18(19,20)21/h2-9H,10H2,1H3,(H,22,26)(H,23,24,25). The van der Waals surface area contributed by atoms with E-state index in [1.807, 2.05) is 31.2 Å². The van der Waals surface area contributed by atoms with Gasteiger partial charge in [-0.3, -0.25) is 9.89 Å². The molecule has 0 fully saturated rings. The van der Waals surface area contributed by atoms with E-state index in [9.17, 15) is 18.0 Å². The Morgan fingerprint density at radius 1 is 1.19 bits per heavy atom. The van der Waals surface area contributed by atoms with E-state index in [1.165, 1.54) is 18.2 Å². The molecule has 0 spiro atoms. The fourth-order valence-corrected chi connectivity index (χ4v) is 2.99. The molecule has 0 saturated carbocycles. The van der Waals surface area contributed by atoms with Gasteiger partial charge in [0.1, 0.15) is 0 Å². The Labute approximate surface area is 157 Å². The molecule has 1 heterocycles. The number of rotatable bonds is 5. The van der Waals surface area contributed by atoms with Crippen LogP contribution in [0.25, 0.3) is 11.4 Å². The van der Waals surface area contributed by atoms with E-state index < -0.39 is 17.6 Å². The monoisotopic (exact) mass is 392 g/mol. The molecule has 0 saturated heterocycles. The van der Waals surface area contributed by atoms with Gasteiger partial charge in [0.15, 0.2) is 5.82 Å². The summed E-state index contributed by atoms with van der Waals surface area (Å²) in [5, 5.41) is 9.44. The highest BCUT2D eigenvalue weighted by molar-refractivity contribution is 7.99. The van der Waals surface area contributed by atoms with Gasteiger partial charge in [0.05, 0.1) is 17.0 Å². The number of nitrogens with one attached hydrogen (secondary N) is 2. The number of anilines is 1. The Morgan fingerprint density at radius 2 is 1.96 bits per heavy atom. The lowest BCUT2D eigenvalue weighted by atomic mass is 10.1. The number of aromatic amines is 1. The molecule has 2 N–H and O–H groups in total. The van der Waals surface area contributed by atoms with Crippen molar-refractivity contribution in [2.24, 2.45) is 0 Å². The van der Waals surface area contributed by atoms with Crippen LogP contribution in [0.4, 0.5) is 18.9 Å². The van der Waals surface area contributed by atoms with Crippen LogP contribution in [-0.4, -0.2) is 26.8 Å². The highest BCUT2D eigenvalue weighted by Gasteiger charge is 2.33. The summed E-state index contributed by atoms with van der Waals surface area (Å²) in [7, 11) is 0. The van der Waals surface area contributed by atoms with Gasteiger partial charge in [-0.15, -0.1) is 5.10 Å². The van der Waals surface area contributed by atoms with Gasteiger partial charge >= 0.3 is 6.18 Å². The Bertz CT molecular complexity index is 956. The van der Waals surface area contributed by atoms with Crippen molar-refractivity contribution < 1.29 is 18.0 Å². The summed E-state index contributed by atoms with van der Waals surface area (Å²) in [6.07, 6.45) is -4.54. The predicted molar refractivity (Wildman–Crippen MR) is 97.4 cm³/mol. The first-order valence-corrected chi connectivity index (χ1v) is 8.90. The van der Waals surface area contributed by atoms with Crippen LogP contribution in [0, 0.1) is 6.92 Å². The number of hydrogen-bond acceptors (Lipinski definition) is 4. The zero-order chi connectivity index (χ0) is 19.4. The molecule has 140 valence electrons. The third kappa shape index (κ3) is 4.88. The quantitative estimate of drug-likeness (QED) is 0.626. The first-order valence-electron chi connectivity index (χ1n) is 7.91. The topological polar surface area (TPSA) is 70.7 Å². The largest absolute Gasteiger partial charge is 0.418 e. The zero-order valence-corrected chi connectivity index (χ0v) is 15.0. The fourth-order valence-electron chi connectivity index (χ4n) is 2.39. The van der Waals surface area contributed by atoms with Crippen LogP contribution < -0.4 is 5.32 Å². The third-order valence-electron chi connectivity index (χ3n) is 3.60. The molecule has 0 aliphatic carbocycles. The minimum Gasteiger partial charge on any atom is -0.325 e. The summed E-state index contributed by atoms with van der Waals surface area (Å²) < 4.78 is 38.9. The number of thioether (sulfide) groups is 1. The molecule has 0 atom stereocenters. The number of halogens is 3. The van der Waals surface area contributed by atoms with Gasteiger partial charge in [0.2, 0.25) is 11.1 Å². The number of benzene rings is 2. The van der Waals surface area contributed by atoms with Crippen LogP contribution in [0.1, 0.15) is 11.1 Å². The van der Waals surface area contributed by atoms with E-state index in [1.54, 1.807) is 0 Å². The second-order valence-corrected chi connectivity index (χ2v) is 6.66. The SMILES string of the molecule is Cc1cccc(-c2nc(SCC(=O)Nc3ccccc3C(F)(F)F)n[nH]2)c1. The summed E-state index contributed by atoms with van der Waals surface area (Å²) in [6, 6.07) is 12.5. The van der Waals surface area contributed by atoms with Gasteiger partial charge in [0.25, 0.3) is 0 Å². The van der Waals surface area contributed by atoms with Gasteiger partial charge in [-0.25, -0.2) is 4.98 Å². The maximum absolute atomic E-state index is 13.0. The number of alkyl halides is 3. The lowest BCUT2D eigenvalue weighted by Crippen LogP contribution is -2.18. The van der Waals surface area contributed by atoms with Crippen LogP contribution in [0.2, 0.25) is 0 Å². The Balaban J connectivity index is 1.62. The minimum absolute atomic E-state index is 0.114. The minimum atomic E-state index is -4.54. The molecule has 0 aliphatic rings. The molecular formula is C18H15F3N4OS. The molecule has 9 heteroatoms. The van der Waals surface area contributed by atoms with Crippen molar-refractivity contribution in [3.05, 3.63) is 59.7 Å². The number of aryl methyl sites for hydroxylation is 1. The number of amides is 1. The molecule has 0 unspecified atom stereocenters. The van der Waals surface area contributed by atoms with Crippen molar-refractivity contribution in [2.45, 2.75) is 18.3 Å². The molecule has 5 nitrogen and oxygen atoms in total. The maximum atomic E-state index is 13.0. The summed E-state index contributed by atoms with van der Waals surface area (Å²) in [6.45, 7) is 1.96.